The van der Waals surface area contributed by atoms with Gasteiger partial charge >= 0.3 is 6.18 Å². The predicted octanol–water partition coefficient (Wildman–Crippen LogP) is 6.45. The number of hydrogen-bond donors (Lipinski definition) is 3. The number of carbonyl (C=O) groups excluding carboxylic acids is 2. The molecule has 5 rings (SSSR count). The summed E-state index contributed by atoms with van der Waals surface area (Å²) in [6.45, 7) is 0. The van der Waals surface area contributed by atoms with Crippen LogP contribution in [0.2, 0.25) is 5.02 Å². The molecule has 1 aliphatic heterocycles. The molecule has 3 aromatic carbocycles. The van der Waals surface area contributed by atoms with E-state index in [1.54, 1.807) is 0 Å². The molecule has 1 aliphatic rings. The Balaban J connectivity index is 1.75. The van der Waals surface area contributed by atoms with E-state index < -0.39 is 52.6 Å². The van der Waals surface area contributed by atoms with Crippen LogP contribution in [0.5, 0.6) is 0 Å². The molecule has 1 unspecified atom stereocenters. The van der Waals surface area contributed by atoms with Gasteiger partial charge in [0.2, 0.25) is 0 Å². The maximum atomic E-state index is 15.1. The van der Waals surface area contributed by atoms with E-state index in [1.165, 1.54) is 19.2 Å². The zero-order valence-corrected chi connectivity index (χ0v) is 20.4. The topological polar surface area (TPSA) is 83.1 Å². The second-order valence-electron chi connectivity index (χ2n) is 8.59. The van der Waals surface area contributed by atoms with E-state index in [4.69, 9.17) is 11.6 Å². The third-order valence-corrected chi connectivity index (χ3v) is 6.55. The highest BCUT2D eigenvalue weighted by molar-refractivity contribution is 6.31. The highest BCUT2D eigenvalue weighted by Crippen LogP contribution is 2.44. The van der Waals surface area contributed by atoms with Gasteiger partial charge in [0.15, 0.2) is 0 Å². The Morgan fingerprint density at radius 2 is 1.79 bits per heavy atom. The monoisotopic (exact) mass is 564 g/mol. The Labute approximate surface area is 221 Å². The number of nitrogens with one attached hydrogen (secondary N) is 3. The van der Waals surface area contributed by atoms with Crippen LogP contribution in [0.25, 0.3) is 10.8 Å². The van der Waals surface area contributed by atoms with Gasteiger partial charge in [0.1, 0.15) is 23.3 Å². The van der Waals surface area contributed by atoms with Crippen molar-refractivity contribution in [3.63, 3.8) is 0 Å². The van der Waals surface area contributed by atoms with Crippen LogP contribution in [0.3, 0.4) is 0 Å². The van der Waals surface area contributed by atoms with Gasteiger partial charge in [-0.05, 0) is 42.5 Å². The van der Waals surface area contributed by atoms with Crippen LogP contribution in [-0.2, 0) is 6.18 Å². The number of amides is 2. The van der Waals surface area contributed by atoms with Gasteiger partial charge in [-0.3, -0.25) is 9.59 Å². The first-order chi connectivity index (χ1) is 18.4. The van der Waals surface area contributed by atoms with Gasteiger partial charge in [-0.15, -0.1) is 0 Å². The van der Waals surface area contributed by atoms with Crippen molar-refractivity contribution < 1.29 is 35.9 Å². The molecule has 0 saturated heterocycles. The van der Waals surface area contributed by atoms with Gasteiger partial charge in [0, 0.05) is 45.2 Å². The summed E-state index contributed by atoms with van der Waals surface area (Å²) in [5.41, 5.74) is -2.37. The number of anilines is 2. The fourth-order valence-electron chi connectivity index (χ4n) is 4.55. The van der Waals surface area contributed by atoms with Gasteiger partial charge in [-0.1, -0.05) is 11.6 Å². The van der Waals surface area contributed by atoms with E-state index in [9.17, 15) is 31.5 Å². The van der Waals surface area contributed by atoms with E-state index in [0.717, 1.165) is 18.3 Å². The quantitative estimate of drug-likeness (QED) is 0.249. The SMILES string of the molecule is CNc1ncc(F)c2c3c(c(NC(=O)c4cc(F)cc(C(F)(F)F)c4)cc12)C(c1cc(F)ccc1Cl)NC3=O. The number of halogens is 7. The molecule has 0 saturated carbocycles. The molecule has 2 heterocycles. The largest absolute Gasteiger partial charge is 0.416 e. The maximum Gasteiger partial charge on any atom is 0.416 e. The van der Waals surface area contributed by atoms with Crippen LogP contribution in [-0.4, -0.2) is 23.8 Å². The summed E-state index contributed by atoms with van der Waals surface area (Å²) in [5, 5.41) is 7.67. The van der Waals surface area contributed by atoms with Crippen molar-refractivity contribution in [3.8, 4) is 0 Å². The van der Waals surface area contributed by atoms with Crippen molar-refractivity contribution in [1.29, 1.82) is 0 Å². The highest BCUT2D eigenvalue weighted by atomic mass is 35.5. The number of pyridine rings is 1. The van der Waals surface area contributed by atoms with E-state index in [0.29, 0.717) is 12.1 Å². The van der Waals surface area contributed by atoms with Crippen molar-refractivity contribution in [2.24, 2.45) is 0 Å². The minimum atomic E-state index is -4.93. The number of rotatable bonds is 4. The Morgan fingerprint density at radius 1 is 1.05 bits per heavy atom. The van der Waals surface area contributed by atoms with E-state index in [2.05, 4.69) is 20.9 Å². The number of alkyl halides is 3. The van der Waals surface area contributed by atoms with Crippen molar-refractivity contribution >= 4 is 45.7 Å². The molecule has 2 amide bonds. The van der Waals surface area contributed by atoms with Crippen molar-refractivity contribution in [3.05, 3.63) is 99.0 Å². The average Bonchev–Trinajstić information content (AvgIpc) is 3.22. The van der Waals surface area contributed by atoms with Gasteiger partial charge in [-0.2, -0.15) is 13.2 Å². The van der Waals surface area contributed by atoms with Gasteiger partial charge in [0.05, 0.1) is 23.4 Å². The summed E-state index contributed by atoms with van der Waals surface area (Å²) >= 11 is 6.27. The molecular formula is C26H15ClF6N4O2. The Morgan fingerprint density at radius 3 is 2.49 bits per heavy atom. The third-order valence-electron chi connectivity index (χ3n) is 6.20. The van der Waals surface area contributed by atoms with Crippen molar-refractivity contribution in [2.75, 3.05) is 17.7 Å². The standard InChI is InChI=1S/C26H15ClF6N4O2/c1-34-23-15-8-18(36-24(38)10-4-11(26(31,32)33)6-13(29)5-10)20-21(19(15)17(30)9-35-23)25(39)37-22(20)14-7-12(28)2-3-16(14)27/h2-9,22H,1H3,(H,34,35)(H,36,38)(H,37,39). The molecule has 0 spiro atoms. The number of carbonyl (C=O) groups is 2. The molecular weight excluding hydrogens is 550 g/mol. The summed E-state index contributed by atoms with van der Waals surface area (Å²) in [6, 6.07) is 4.76. The first kappa shape index (κ1) is 26.3. The predicted molar refractivity (Wildman–Crippen MR) is 131 cm³/mol. The molecule has 0 radical (unpaired) electrons. The van der Waals surface area contributed by atoms with E-state index in [-0.39, 0.29) is 50.1 Å². The minimum absolute atomic E-state index is 0.0204. The molecule has 6 nitrogen and oxygen atoms in total. The lowest BCUT2D eigenvalue weighted by atomic mass is 9.92. The average molecular weight is 565 g/mol. The van der Waals surface area contributed by atoms with Crippen LogP contribution < -0.4 is 16.0 Å². The number of benzene rings is 3. The van der Waals surface area contributed by atoms with Crippen LogP contribution in [0.1, 0.15) is 43.4 Å². The molecule has 39 heavy (non-hydrogen) atoms. The molecule has 3 N–H and O–H groups in total. The van der Waals surface area contributed by atoms with Gasteiger partial charge in [0.25, 0.3) is 11.8 Å². The summed E-state index contributed by atoms with van der Waals surface area (Å²) in [5.74, 6) is -4.69. The molecule has 0 aliphatic carbocycles. The summed E-state index contributed by atoms with van der Waals surface area (Å²) in [6.07, 6.45) is -4.05. The van der Waals surface area contributed by atoms with E-state index >= 15 is 4.39 Å². The Bertz CT molecular complexity index is 1690. The van der Waals surface area contributed by atoms with Crippen molar-refractivity contribution in [1.82, 2.24) is 10.3 Å². The molecule has 1 atom stereocenters. The number of hydrogen-bond acceptors (Lipinski definition) is 4. The molecule has 1 aromatic heterocycles. The number of fused-ring (bicyclic) bond motifs is 3. The smallest absolute Gasteiger partial charge is 0.373 e. The number of aromatic nitrogens is 1. The zero-order chi connectivity index (χ0) is 28.2. The lowest BCUT2D eigenvalue weighted by molar-refractivity contribution is -0.137. The van der Waals surface area contributed by atoms with Crippen LogP contribution in [0, 0.1) is 17.5 Å². The minimum Gasteiger partial charge on any atom is -0.373 e. The van der Waals surface area contributed by atoms with Crippen molar-refractivity contribution in [2.45, 2.75) is 12.2 Å². The summed E-state index contributed by atoms with van der Waals surface area (Å²) < 4.78 is 82.9. The van der Waals surface area contributed by atoms with E-state index in [1.807, 2.05) is 0 Å². The van der Waals surface area contributed by atoms with Crippen LogP contribution in [0.15, 0.2) is 48.7 Å². The zero-order valence-electron chi connectivity index (χ0n) is 19.6. The molecule has 0 fully saturated rings. The fourth-order valence-corrected chi connectivity index (χ4v) is 4.78. The van der Waals surface area contributed by atoms with Gasteiger partial charge < -0.3 is 16.0 Å². The fraction of sp³-hybridized carbons (Fsp3) is 0.115. The highest BCUT2D eigenvalue weighted by Gasteiger charge is 2.38. The molecule has 13 heteroatoms. The maximum absolute atomic E-state index is 15.1. The normalized spacial score (nSPS) is 14.8. The molecule has 200 valence electrons. The van der Waals surface area contributed by atoms with Crippen LogP contribution in [0.4, 0.5) is 37.8 Å². The lowest BCUT2D eigenvalue weighted by Crippen LogP contribution is -2.21. The lowest BCUT2D eigenvalue weighted by Gasteiger charge is -2.20. The van der Waals surface area contributed by atoms with Crippen LogP contribution >= 0.6 is 11.6 Å². The molecule has 4 aromatic rings. The molecule has 0 bridgehead atoms. The second-order valence-corrected chi connectivity index (χ2v) is 9.00. The first-order valence-corrected chi connectivity index (χ1v) is 11.5. The summed E-state index contributed by atoms with van der Waals surface area (Å²) in [7, 11) is 1.48. The second kappa shape index (κ2) is 9.45. The number of nitrogens with zero attached hydrogens (tertiary/aromatic N) is 1. The first-order valence-electron chi connectivity index (χ1n) is 11.2. The summed E-state index contributed by atoms with van der Waals surface area (Å²) in [4.78, 5) is 30.2. The third kappa shape index (κ3) is 4.60. The Hall–Kier alpha value is -4.32. The van der Waals surface area contributed by atoms with Gasteiger partial charge in [-0.25, -0.2) is 18.2 Å². The Kier molecular flexibility index (Phi) is 6.37.